The summed E-state index contributed by atoms with van der Waals surface area (Å²) in [5.41, 5.74) is -0.636. The van der Waals surface area contributed by atoms with Gasteiger partial charge >= 0.3 is 13.2 Å². The van der Waals surface area contributed by atoms with E-state index < -0.39 is 18.8 Å². The van der Waals surface area contributed by atoms with E-state index in [1.165, 1.54) is 13.0 Å². The van der Waals surface area contributed by atoms with Gasteiger partial charge in [-0.15, -0.1) is 0 Å². The zero-order valence-electron chi connectivity index (χ0n) is 12.3. The molecule has 1 aromatic heterocycles. The van der Waals surface area contributed by atoms with Gasteiger partial charge in [0.1, 0.15) is 11.4 Å². The fourth-order valence-corrected chi connectivity index (χ4v) is 1.44. The molecule has 0 unspecified atom stereocenters. The summed E-state index contributed by atoms with van der Waals surface area (Å²) in [7, 11) is -1.83. The maximum Gasteiger partial charge on any atom is 0.492 e. The van der Waals surface area contributed by atoms with Crippen molar-refractivity contribution in [2.45, 2.75) is 33.3 Å². The minimum Gasteiger partial charge on any atom is -0.444 e. The van der Waals surface area contributed by atoms with E-state index in [0.717, 1.165) is 6.20 Å². The molecule has 1 aromatic rings. The van der Waals surface area contributed by atoms with Crippen LogP contribution < -0.4 is 16.1 Å². The van der Waals surface area contributed by atoms with Crippen molar-refractivity contribution >= 4 is 36.1 Å². The summed E-state index contributed by atoms with van der Waals surface area (Å²) in [6, 6.07) is 1.31. The number of rotatable bonds is 3. The molecule has 0 aliphatic heterocycles. The van der Waals surface area contributed by atoms with Crippen LogP contribution in [0.1, 0.15) is 27.7 Å². The van der Waals surface area contributed by atoms with Crippen molar-refractivity contribution in [3.63, 3.8) is 0 Å². The van der Waals surface area contributed by atoms with Gasteiger partial charge in [0.2, 0.25) is 5.91 Å². The quantitative estimate of drug-likeness (QED) is 0.585. The van der Waals surface area contributed by atoms with Crippen LogP contribution in [0, 0.1) is 0 Å². The van der Waals surface area contributed by atoms with Crippen LogP contribution >= 0.6 is 0 Å². The highest BCUT2D eigenvalue weighted by Gasteiger charge is 2.22. The third kappa shape index (κ3) is 5.80. The van der Waals surface area contributed by atoms with Gasteiger partial charge in [0, 0.05) is 30.3 Å². The number of amides is 2. The van der Waals surface area contributed by atoms with Crippen LogP contribution in [0.15, 0.2) is 12.3 Å². The van der Waals surface area contributed by atoms with E-state index in [0.29, 0.717) is 0 Å². The molecule has 114 valence electrons. The van der Waals surface area contributed by atoms with Gasteiger partial charge in [-0.3, -0.25) is 10.1 Å². The molecule has 0 fully saturated rings. The predicted octanol–water partition coefficient (Wildman–Crippen LogP) is 0.0668. The third-order valence-electron chi connectivity index (χ3n) is 2.15. The first-order chi connectivity index (χ1) is 9.58. The average Bonchev–Trinajstić information content (AvgIpc) is 2.24. The molecule has 1 heterocycles. The summed E-state index contributed by atoms with van der Waals surface area (Å²) in [6.45, 7) is 6.40. The second-order valence-electron chi connectivity index (χ2n) is 5.34. The maximum atomic E-state index is 11.7. The molecule has 2 amide bonds. The Labute approximate surface area is 122 Å². The van der Waals surface area contributed by atoms with Crippen LogP contribution in [-0.4, -0.2) is 39.8 Å². The molecule has 0 radical (unpaired) electrons. The number of nitrogens with one attached hydrogen (secondary N) is 2. The molecule has 0 saturated carbocycles. The number of carbonyl (C=O) groups excluding carboxylic acids is 2. The summed E-state index contributed by atoms with van der Waals surface area (Å²) in [4.78, 5) is 26.6. The van der Waals surface area contributed by atoms with Crippen LogP contribution in [0.3, 0.4) is 0 Å². The van der Waals surface area contributed by atoms with Gasteiger partial charge in [0.05, 0.1) is 0 Å². The Kier molecular flexibility index (Phi) is 5.28. The lowest BCUT2D eigenvalue weighted by Gasteiger charge is -2.20. The van der Waals surface area contributed by atoms with Crippen LogP contribution in [0.25, 0.3) is 0 Å². The summed E-state index contributed by atoms with van der Waals surface area (Å²) in [5, 5.41) is 23.3. The maximum absolute atomic E-state index is 11.7. The van der Waals surface area contributed by atoms with Crippen molar-refractivity contribution in [2.75, 3.05) is 10.6 Å². The first kappa shape index (κ1) is 16.9. The zero-order chi connectivity index (χ0) is 16.2. The number of nitrogens with zero attached hydrogens (tertiary/aromatic N) is 1. The number of anilines is 2. The Bertz CT molecular complexity index is 542. The number of hydrogen-bond acceptors (Lipinski definition) is 6. The van der Waals surface area contributed by atoms with E-state index in [9.17, 15) is 19.6 Å². The SMILES string of the molecule is CC(=O)Nc1cc(NC(=O)OC(C)(C)C)c(B(O)O)cn1. The minimum absolute atomic E-state index is 0.0186. The number of carbonyl (C=O) groups is 2. The summed E-state index contributed by atoms with van der Waals surface area (Å²) in [5.74, 6) is -0.180. The fraction of sp³-hybridized carbons (Fsp3) is 0.417. The van der Waals surface area contributed by atoms with E-state index >= 15 is 0 Å². The lowest BCUT2D eigenvalue weighted by Crippen LogP contribution is -2.35. The van der Waals surface area contributed by atoms with Crippen molar-refractivity contribution in [3.8, 4) is 0 Å². The third-order valence-corrected chi connectivity index (χ3v) is 2.15. The van der Waals surface area contributed by atoms with E-state index in [1.807, 2.05) is 0 Å². The van der Waals surface area contributed by atoms with Crippen LogP contribution in [0.2, 0.25) is 0 Å². The van der Waals surface area contributed by atoms with Crippen LogP contribution in [0.5, 0.6) is 0 Å². The lowest BCUT2D eigenvalue weighted by atomic mass is 9.80. The molecule has 9 heteroatoms. The Hall–Kier alpha value is -2.13. The Morgan fingerprint density at radius 2 is 1.90 bits per heavy atom. The van der Waals surface area contributed by atoms with Crippen LogP contribution in [0.4, 0.5) is 16.3 Å². The Morgan fingerprint density at radius 3 is 2.38 bits per heavy atom. The smallest absolute Gasteiger partial charge is 0.444 e. The normalized spacial score (nSPS) is 10.8. The minimum atomic E-state index is -1.83. The van der Waals surface area contributed by atoms with Crippen LogP contribution in [-0.2, 0) is 9.53 Å². The van der Waals surface area contributed by atoms with E-state index in [4.69, 9.17) is 4.74 Å². The summed E-state index contributed by atoms with van der Waals surface area (Å²) in [6.07, 6.45) is 0.382. The Balaban J connectivity index is 3.00. The highest BCUT2D eigenvalue weighted by Crippen LogP contribution is 2.13. The van der Waals surface area contributed by atoms with Crippen molar-refractivity contribution in [1.29, 1.82) is 0 Å². The van der Waals surface area contributed by atoms with Gasteiger partial charge in [-0.1, -0.05) is 0 Å². The number of pyridine rings is 1. The van der Waals surface area contributed by atoms with Crippen molar-refractivity contribution in [1.82, 2.24) is 4.98 Å². The standard InChI is InChI=1S/C12H18BN3O5/c1-7(17)15-10-5-9(8(6-14-10)13(19)20)16-11(18)21-12(2,3)4/h5-6,19-20H,1-4H3,(H2,14,15,16,17,18). The van der Waals surface area contributed by atoms with Gasteiger partial charge in [0.15, 0.2) is 0 Å². The van der Waals surface area contributed by atoms with Gasteiger partial charge in [0.25, 0.3) is 0 Å². The molecular weight excluding hydrogens is 277 g/mol. The zero-order valence-corrected chi connectivity index (χ0v) is 12.3. The molecule has 0 atom stereocenters. The fourth-order valence-electron chi connectivity index (χ4n) is 1.44. The van der Waals surface area contributed by atoms with Gasteiger partial charge in [-0.25, -0.2) is 9.78 Å². The average molecular weight is 295 g/mol. The first-order valence-electron chi connectivity index (χ1n) is 6.22. The molecular formula is C12H18BN3O5. The highest BCUT2D eigenvalue weighted by molar-refractivity contribution is 6.60. The molecule has 0 bridgehead atoms. The number of aromatic nitrogens is 1. The molecule has 0 saturated heterocycles. The number of ether oxygens (including phenoxy) is 1. The lowest BCUT2D eigenvalue weighted by molar-refractivity contribution is -0.114. The molecule has 21 heavy (non-hydrogen) atoms. The molecule has 0 aliphatic carbocycles. The van der Waals surface area contributed by atoms with E-state index in [2.05, 4.69) is 15.6 Å². The highest BCUT2D eigenvalue weighted by atomic mass is 16.6. The summed E-state index contributed by atoms with van der Waals surface area (Å²) >= 11 is 0. The topological polar surface area (TPSA) is 121 Å². The first-order valence-corrected chi connectivity index (χ1v) is 6.22. The Morgan fingerprint density at radius 1 is 1.29 bits per heavy atom. The van der Waals surface area contributed by atoms with Gasteiger partial charge < -0.3 is 20.1 Å². The molecule has 1 rings (SSSR count). The second-order valence-corrected chi connectivity index (χ2v) is 5.34. The monoisotopic (exact) mass is 295 g/mol. The molecule has 4 N–H and O–H groups in total. The van der Waals surface area contributed by atoms with Crippen molar-refractivity contribution in [3.05, 3.63) is 12.3 Å². The van der Waals surface area contributed by atoms with Gasteiger partial charge in [-0.2, -0.15) is 0 Å². The second kappa shape index (κ2) is 6.55. The molecule has 0 spiro atoms. The molecule has 8 nitrogen and oxygen atoms in total. The van der Waals surface area contributed by atoms with Crippen molar-refractivity contribution in [2.24, 2.45) is 0 Å². The predicted molar refractivity (Wildman–Crippen MR) is 78.2 cm³/mol. The van der Waals surface area contributed by atoms with E-state index in [1.54, 1.807) is 20.8 Å². The van der Waals surface area contributed by atoms with Crippen molar-refractivity contribution < 1.29 is 24.4 Å². The largest absolute Gasteiger partial charge is 0.492 e. The number of hydrogen-bond donors (Lipinski definition) is 4. The molecule has 0 aliphatic rings. The van der Waals surface area contributed by atoms with Gasteiger partial charge in [-0.05, 0) is 20.8 Å². The van der Waals surface area contributed by atoms with E-state index in [-0.39, 0.29) is 22.9 Å². The summed E-state index contributed by atoms with van der Waals surface area (Å²) < 4.78 is 5.08. The molecule has 0 aromatic carbocycles.